The van der Waals surface area contributed by atoms with Crippen molar-refractivity contribution in [2.75, 3.05) is 12.4 Å². The highest BCUT2D eigenvalue weighted by atomic mass is 19.1. The number of hydrogen-bond donors (Lipinski definition) is 3. The predicted molar refractivity (Wildman–Crippen MR) is 135 cm³/mol. The summed E-state index contributed by atoms with van der Waals surface area (Å²) in [7, 11) is 1.53. The first-order valence-corrected chi connectivity index (χ1v) is 11.4. The lowest BCUT2D eigenvalue weighted by Gasteiger charge is -2.14. The number of nitrogens with zero attached hydrogens (tertiary/aromatic N) is 4. The van der Waals surface area contributed by atoms with Crippen LogP contribution in [0.1, 0.15) is 37.9 Å². The van der Waals surface area contributed by atoms with Crippen LogP contribution in [0, 0.1) is 5.82 Å². The van der Waals surface area contributed by atoms with Gasteiger partial charge in [0, 0.05) is 25.0 Å². The van der Waals surface area contributed by atoms with Gasteiger partial charge in [-0.1, -0.05) is 24.3 Å². The van der Waals surface area contributed by atoms with Crippen LogP contribution < -0.4 is 15.8 Å². The van der Waals surface area contributed by atoms with Gasteiger partial charge in [-0.3, -0.25) is 19.8 Å². The zero-order valence-electron chi connectivity index (χ0n) is 20.2. The SMILES string of the molecule is CN=C(Nc1cncc(OC(C)C)n1)C(=CN)c1ncc(-c2ccc(C3(C(=O)O)CC3)cc2)cc1F. The second kappa shape index (κ2) is 10.1. The number of hydrogen-bond acceptors (Lipinski definition) is 7. The molecule has 36 heavy (non-hydrogen) atoms. The number of nitrogens with one attached hydrogen (secondary N) is 1. The number of rotatable bonds is 8. The molecule has 0 aliphatic heterocycles. The maximum atomic E-state index is 15.2. The Morgan fingerprint density at radius 1 is 1.22 bits per heavy atom. The normalized spacial score (nSPS) is 15.0. The maximum absolute atomic E-state index is 15.2. The summed E-state index contributed by atoms with van der Waals surface area (Å²) in [5, 5.41) is 12.5. The van der Waals surface area contributed by atoms with Crippen molar-refractivity contribution in [2.24, 2.45) is 10.7 Å². The zero-order valence-corrected chi connectivity index (χ0v) is 20.2. The van der Waals surface area contributed by atoms with Crippen molar-refractivity contribution in [3.8, 4) is 17.0 Å². The van der Waals surface area contributed by atoms with Crippen molar-refractivity contribution >= 4 is 23.2 Å². The molecule has 0 radical (unpaired) electrons. The van der Waals surface area contributed by atoms with Crippen molar-refractivity contribution in [1.29, 1.82) is 0 Å². The molecule has 4 N–H and O–H groups in total. The highest BCUT2D eigenvalue weighted by molar-refractivity contribution is 6.27. The highest BCUT2D eigenvalue weighted by Crippen LogP contribution is 2.48. The third-order valence-corrected chi connectivity index (χ3v) is 5.89. The summed E-state index contributed by atoms with van der Waals surface area (Å²) in [6.07, 6.45) is 6.90. The third kappa shape index (κ3) is 5.02. The van der Waals surface area contributed by atoms with Crippen LogP contribution in [0.3, 0.4) is 0 Å². The second-order valence-electron chi connectivity index (χ2n) is 8.71. The molecule has 0 bridgehead atoms. The predicted octanol–water partition coefficient (Wildman–Crippen LogP) is 4.02. The number of carbonyl (C=O) groups is 1. The molecule has 1 aliphatic rings. The first kappa shape index (κ1) is 24.8. The summed E-state index contributed by atoms with van der Waals surface area (Å²) >= 11 is 0. The molecule has 186 valence electrons. The van der Waals surface area contributed by atoms with Crippen LogP contribution in [0.25, 0.3) is 16.7 Å². The molecule has 0 spiro atoms. The van der Waals surface area contributed by atoms with E-state index >= 15 is 4.39 Å². The molecule has 4 rings (SSSR count). The molecular formula is C26H27FN6O3. The standard InChI is InChI=1S/C26H27FN6O3/c1-15(2)36-22-14-30-13-21(32-22)33-24(29-3)19(11-28)23-20(27)10-17(12-31-23)16-4-6-18(7-5-16)26(8-9-26)25(34)35/h4-7,10-15H,8-9,28H2,1-3H3,(H,34,35)(H,29,32,33). The molecule has 3 aromatic rings. The Balaban J connectivity index is 1.56. The minimum absolute atomic E-state index is 0.0105. The number of nitrogens with two attached hydrogens (primary N) is 1. The van der Waals surface area contributed by atoms with Crippen LogP contribution >= 0.6 is 0 Å². The van der Waals surface area contributed by atoms with Gasteiger partial charge < -0.3 is 20.9 Å². The van der Waals surface area contributed by atoms with E-state index in [2.05, 4.69) is 25.3 Å². The fourth-order valence-electron chi connectivity index (χ4n) is 3.87. The molecule has 1 aliphatic carbocycles. The van der Waals surface area contributed by atoms with E-state index in [4.69, 9.17) is 10.5 Å². The fourth-order valence-corrected chi connectivity index (χ4v) is 3.87. The van der Waals surface area contributed by atoms with Crippen molar-refractivity contribution in [3.05, 3.63) is 72.2 Å². The van der Waals surface area contributed by atoms with Crippen LogP contribution in [-0.4, -0.2) is 45.0 Å². The van der Waals surface area contributed by atoms with E-state index in [0.29, 0.717) is 30.1 Å². The van der Waals surface area contributed by atoms with Gasteiger partial charge in [0.05, 0.1) is 29.5 Å². The Kier molecular flexibility index (Phi) is 6.96. The zero-order chi connectivity index (χ0) is 25.9. The van der Waals surface area contributed by atoms with E-state index in [9.17, 15) is 9.90 Å². The molecule has 1 fully saturated rings. The van der Waals surface area contributed by atoms with Crippen LogP contribution in [-0.2, 0) is 10.2 Å². The van der Waals surface area contributed by atoms with Crippen LogP contribution in [0.4, 0.5) is 10.2 Å². The molecular weight excluding hydrogens is 463 g/mol. The van der Waals surface area contributed by atoms with Gasteiger partial charge in [-0.2, -0.15) is 4.98 Å². The number of benzene rings is 1. The van der Waals surface area contributed by atoms with Crippen molar-refractivity contribution in [3.63, 3.8) is 0 Å². The number of aliphatic imine (C=N–C) groups is 1. The Morgan fingerprint density at radius 3 is 2.50 bits per heavy atom. The molecule has 2 heterocycles. The topological polar surface area (TPSA) is 136 Å². The Hall–Kier alpha value is -4.34. The summed E-state index contributed by atoms with van der Waals surface area (Å²) < 4.78 is 20.8. The molecule has 0 saturated heterocycles. The van der Waals surface area contributed by atoms with Gasteiger partial charge in [0.1, 0.15) is 17.3 Å². The summed E-state index contributed by atoms with van der Waals surface area (Å²) in [5.41, 5.74) is 7.31. The number of anilines is 1. The number of halogens is 1. The number of carboxylic acid groups (broad SMARTS) is 1. The molecule has 0 atom stereocenters. The van der Waals surface area contributed by atoms with Gasteiger partial charge in [-0.25, -0.2) is 4.39 Å². The van der Waals surface area contributed by atoms with E-state index in [-0.39, 0.29) is 23.2 Å². The average molecular weight is 491 g/mol. The lowest BCUT2D eigenvalue weighted by molar-refractivity contribution is -0.140. The monoisotopic (exact) mass is 490 g/mol. The number of pyridine rings is 1. The van der Waals surface area contributed by atoms with Gasteiger partial charge in [-0.15, -0.1) is 0 Å². The molecule has 9 nitrogen and oxygen atoms in total. The van der Waals surface area contributed by atoms with E-state index in [1.54, 1.807) is 24.3 Å². The summed E-state index contributed by atoms with van der Waals surface area (Å²) in [6, 6.07) is 8.46. The number of aromatic nitrogens is 3. The van der Waals surface area contributed by atoms with Crippen LogP contribution in [0.15, 0.2) is 60.1 Å². The highest BCUT2D eigenvalue weighted by Gasteiger charge is 2.51. The number of amidine groups is 1. The third-order valence-electron chi connectivity index (χ3n) is 5.89. The molecule has 1 saturated carbocycles. The van der Waals surface area contributed by atoms with E-state index in [1.807, 2.05) is 13.8 Å². The van der Waals surface area contributed by atoms with E-state index in [0.717, 1.165) is 11.1 Å². The van der Waals surface area contributed by atoms with Gasteiger partial charge in [0.2, 0.25) is 5.88 Å². The van der Waals surface area contributed by atoms with Gasteiger partial charge in [0.15, 0.2) is 5.82 Å². The molecule has 0 unspecified atom stereocenters. The lowest BCUT2D eigenvalue weighted by atomic mass is 9.94. The van der Waals surface area contributed by atoms with Crippen molar-refractivity contribution in [2.45, 2.75) is 38.2 Å². The number of carboxylic acids is 1. The van der Waals surface area contributed by atoms with Crippen LogP contribution in [0.5, 0.6) is 5.88 Å². The molecule has 0 amide bonds. The first-order valence-electron chi connectivity index (χ1n) is 11.4. The number of ether oxygens (including phenoxy) is 1. The molecule has 1 aromatic carbocycles. The average Bonchev–Trinajstić information content (AvgIpc) is 3.67. The summed E-state index contributed by atoms with van der Waals surface area (Å²) in [5.74, 6) is -0.483. The molecule has 2 aromatic heterocycles. The second-order valence-corrected chi connectivity index (χ2v) is 8.71. The van der Waals surface area contributed by atoms with Crippen molar-refractivity contribution < 1.29 is 19.0 Å². The van der Waals surface area contributed by atoms with Gasteiger partial charge in [-0.05, 0) is 43.9 Å². The largest absolute Gasteiger partial charge is 0.481 e. The van der Waals surface area contributed by atoms with Gasteiger partial charge >= 0.3 is 5.97 Å². The minimum atomic E-state index is -0.819. The summed E-state index contributed by atoms with van der Waals surface area (Å²) in [4.78, 5) is 28.5. The Morgan fingerprint density at radius 2 is 1.94 bits per heavy atom. The quantitative estimate of drug-likeness (QED) is 0.318. The Bertz CT molecular complexity index is 1330. The summed E-state index contributed by atoms with van der Waals surface area (Å²) in [6.45, 7) is 3.75. The smallest absolute Gasteiger partial charge is 0.314 e. The van der Waals surface area contributed by atoms with Crippen molar-refractivity contribution in [1.82, 2.24) is 15.0 Å². The number of aliphatic carboxylic acids is 1. The van der Waals surface area contributed by atoms with E-state index in [1.165, 1.54) is 37.9 Å². The molecule has 10 heteroatoms. The van der Waals surface area contributed by atoms with E-state index < -0.39 is 17.2 Å². The Labute approximate surface area is 208 Å². The first-order chi connectivity index (χ1) is 17.3. The lowest BCUT2D eigenvalue weighted by Crippen LogP contribution is -2.19. The minimum Gasteiger partial charge on any atom is -0.481 e. The van der Waals surface area contributed by atoms with Crippen LogP contribution in [0.2, 0.25) is 0 Å². The van der Waals surface area contributed by atoms with Gasteiger partial charge in [0.25, 0.3) is 0 Å². The fraction of sp³-hybridized carbons (Fsp3) is 0.269. The maximum Gasteiger partial charge on any atom is 0.314 e.